The average molecular weight is 177 g/mol. The zero-order valence-electron chi connectivity index (χ0n) is 7.92. The third kappa shape index (κ3) is 6.62. The summed E-state index contributed by atoms with van der Waals surface area (Å²) in [5.74, 6) is 0. The first-order valence-electron chi connectivity index (χ1n) is 3.89. The number of rotatable bonds is 6. The van der Waals surface area contributed by atoms with E-state index in [4.69, 9.17) is 0 Å². The molecule has 0 unspecified atom stereocenters. The lowest BCUT2D eigenvalue weighted by atomic mass is 10.5. The molecular weight excluding hydrogens is 158 g/mol. The van der Waals surface area contributed by atoms with Crippen molar-refractivity contribution in [1.29, 1.82) is 0 Å². The second-order valence-electron chi connectivity index (χ2n) is 2.61. The van der Waals surface area contributed by atoms with Gasteiger partial charge < -0.3 is 4.90 Å². The minimum Gasteiger partial charge on any atom is -0.305 e. The first kappa shape index (κ1) is 11.2. The summed E-state index contributed by atoms with van der Waals surface area (Å²) in [5.41, 5.74) is 0. The highest BCUT2D eigenvalue weighted by atomic mass is 32.2. The molecule has 0 fully saturated rings. The van der Waals surface area contributed by atoms with Gasteiger partial charge in [0.2, 0.25) is 0 Å². The van der Waals surface area contributed by atoms with E-state index >= 15 is 0 Å². The van der Waals surface area contributed by atoms with Crippen LogP contribution in [0.25, 0.3) is 0 Å². The van der Waals surface area contributed by atoms with E-state index < -0.39 is 0 Å². The quantitative estimate of drug-likeness (QED) is 0.474. The zero-order chi connectivity index (χ0) is 8.69. The molecule has 0 saturated heterocycles. The Labute approximate surface area is 74.2 Å². The maximum atomic E-state index is 3.15. The molecule has 11 heavy (non-hydrogen) atoms. The lowest BCUT2D eigenvalue weighted by molar-refractivity contribution is 0.249. The smallest absolute Gasteiger partial charge is 0.0264 e. The lowest BCUT2D eigenvalue weighted by Gasteiger charge is -2.20. The molecule has 0 bridgehead atoms. The predicted molar refractivity (Wildman–Crippen MR) is 52.5 cm³/mol. The first-order chi connectivity index (χ1) is 5.20. The molecule has 0 aliphatic carbocycles. The van der Waals surface area contributed by atoms with Gasteiger partial charge >= 0.3 is 0 Å². The normalized spacial score (nSPS) is 11.5. The number of likely N-dealkylation sites (N-methyl/N-ethyl adjacent to an activating group) is 2. The first-order valence-corrected chi connectivity index (χ1v) is 5.11. The number of hydrogen-bond acceptors (Lipinski definition) is 4. The van der Waals surface area contributed by atoms with Crippen molar-refractivity contribution in [2.24, 2.45) is 0 Å². The molecule has 0 aliphatic rings. The van der Waals surface area contributed by atoms with Gasteiger partial charge in [-0.25, -0.2) is 5.01 Å². The number of hydrazine groups is 1. The van der Waals surface area contributed by atoms with Crippen LogP contribution in [0.1, 0.15) is 6.92 Å². The summed E-state index contributed by atoms with van der Waals surface area (Å²) in [5, 5.41) is 2.09. The molecule has 0 aliphatic heterocycles. The van der Waals surface area contributed by atoms with Crippen LogP contribution in [-0.2, 0) is 0 Å². The van der Waals surface area contributed by atoms with E-state index in [-0.39, 0.29) is 0 Å². The second-order valence-corrected chi connectivity index (χ2v) is 3.20. The summed E-state index contributed by atoms with van der Waals surface area (Å²) in [6.07, 6.45) is 2.03. The molecule has 1 N–H and O–H groups in total. The van der Waals surface area contributed by atoms with Crippen LogP contribution in [0.3, 0.4) is 0 Å². The van der Waals surface area contributed by atoms with Gasteiger partial charge in [0.25, 0.3) is 0 Å². The maximum Gasteiger partial charge on any atom is 0.0264 e. The Balaban J connectivity index is 3.22. The Morgan fingerprint density at radius 3 is 2.36 bits per heavy atom. The van der Waals surface area contributed by atoms with Gasteiger partial charge in [-0.2, -0.15) is 4.83 Å². The van der Waals surface area contributed by atoms with E-state index in [0.717, 1.165) is 19.6 Å². The minimum atomic E-state index is 1.06. The van der Waals surface area contributed by atoms with Crippen molar-refractivity contribution in [1.82, 2.24) is 14.7 Å². The Bertz CT molecular complexity index is 89.8. The molecule has 0 atom stereocenters. The van der Waals surface area contributed by atoms with Crippen molar-refractivity contribution >= 4 is 11.9 Å². The molecule has 0 aromatic carbocycles. The van der Waals surface area contributed by atoms with Gasteiger partial charge in [0.15, 0.2) is 0 Å². The number of nitrogens with one attached hydrogen (secondary N) is 1. The topological polar surface area (TPSA) is 18.5 Å². The summed E-state index contributed by atoms with van der Waals surface area (Å²) in [7, 11) is 4.19. The van der Waals surface area contributed by atoms with Gasteiger partial charge in [-0.15, -0.1) is 0 Å². The van der Waals surface area contributed by atoms with Crippen LogP contribution in [0.15, 0.2) is 0 Å². The standard InChI is InChI=1S/C7H19N3S/c1-5-9(2)6-7-10(3)8-11-4/h8H,5-7H2,1-4H3. The Hall–Kier alpha value is 0.230. The van der Waals surface area contributed by atoms with Crippen LogP contribution < -0.4 is 4.83 Å². The summed E-state index contributed by atoms with van der Waals surface area (Å²) in [4.78, 5) is 5.44. The van der Waals surface area contributed by atoms with Crippen molar-refractivity contribution in [3.63, 3.8) is 0 Å². The minimum absolute atomic E-state index is 1.06. The molecule has 0 rings (SSSR count). The molecule has 68 valence electrons. The molecule has 4 heteroatoms. The molecule has 0 radical (unpaired) electrons. The van der Waals surface area contributed by atoms with E-state index in [1.807, 2.05) is 6.26 Å². The van der Waals surface area contributed by atoms with Crippen LogP contribution >= 0.6 is 11.9 Å². The highest BCUT2D eigenvalue weighted by Crippen LogP contribution is 1.87. The van der Waals surface area contributed by atoms with Crippen LogP contribution in [0.4, 0.5) is 0 Å². The summed E-state index contributed by atoms with van der Waals surface area (Å²) in [6, 6.07) is 0. The number of nitrogens with zero attached hydrogens (tertiary/aromatic N) is 2. The van der Waals surface area contributed by atoms with Gasteiger partial charge in [-0.3, -0.25) is 0 Å². The Kier molecular flexibility index (Phi) is 7.06. The van der Waals surface area contributed by atoms with Crippen molar-refractivity contribution in [2.75, 3.05) is 40.0 Å². The van der Waals surface area contributed by atoms with E-state index in [1.165, 1.54) is 0 Å². The largest absolute Gasteiger partial charge is 0.305 e. The van der Waals surface area contributed by atoms with Gasteiger partial charge in [0.1, 0.15) is 0 Å². The Morgan fingerprint density at radius 1 is 1.27 bits per heavy atom. The maximum absolute atomic E-state index is 3.15. The fourth-order valence-corrected chi connectivity index (χ4v) is 1.08. The summed E-state index contributed by atoms with van der Waals surface area (Å²) < 4.78 is 0. The van der Waals surface area contributed by atoms with E-state index in [0.29, 0.717) is 0 Å². The molecular formula is C7H19N3S. The lowest BCUT2D eigenvalue weighted by Crippen LogP contribution is -2.36. The van der Waals surface area contributed by atoms with Crippen molar-refractivity contribution < 1.29 is 0 Å². The van der Waals surface area contributed by atoms with Gasteiger partial charge in [-0.1, -0.05) is 18.9 Å². The van der Waals surface area contributed by atoms with Crippen LogP contribution in [0.2, 0.25) is 0 Å². The van der Waals surface area contributed by atoms with Crippen LogP contribution in [0, 0.1) is 0 Å². The van der Waals surface area contributed by atoms with E-state index in [2.05, 4.69) is 35.8 Å². The Morgan fingerprint density at radius 2 is 1.91 bits per heavy atom. The molecule has 0 aromatic heterocycles. The molecule has 0 aromatic rings. The fourth-order valence-electron chi connectivity index (χ4n) is 0.680. The average Bonchev–Trinajstić information content (AvgIpc) is 2.01. The highest BCUT2D eigenvalue weighted by molar-refractivity contribution is 7.96. The molecule has 3 nitrogen and oxygen atoms in total. The van der Waals surface area contributed by atoms with E-state index in [9.17, 15) is 0 Å². The summed E-state index contributed by atoms with van der Waals surface area (Å²) in [6.45, 7) is 5.46. The third-order valence-electron chi connectivity index (χ3n) is 1.60. The SMILES string of the molecule is CCN(C)CCN(C)NSC. The van der Waals surface area contributed by atoms with Crippen molar-refractivity contribution in [3.8, 4) is 0 Å². The second kappa shape index (κ2) is 6.91. The molecule has 0 amide bonds. The van der Waals surface area contributed by atoms with Gasteiger partial charge in [-0.05, 0) is 19.8 Å². The monoisotopic (exact) mass is 177 g/mol. The van der Waals surface area contributed by atoms with Crippen molar-refractivity contribution in [2.45, 2.75) is 6.92 Å². The molecule has 0 heterocycles. The van der Waals surface area contributed by atoms with Crippen LogP contribution in [0.5, 0.6) is 0 Å². The van der Waals surface area contributed by atoms with Gasteiger partial charge in [0.05, 0.1) is 0 Å². The molecule has 0 spiro atoms. The zero-order valence-corrected chi connectivity index (χ0v) is 8.74. The fraction of sp³-hybridized carbons (Fsp3) is 1.00. The van der Waals surface area contributed by atoms with Gasteiger partial charge in [0, 0.05) is 20.1 Å². The molecule has 0 saturated carbocycles. The highest BCUT2D eigenvalue weighted by Gasteiger charge is 1.97. The summed E-state index contributed by atoms with van der Waals surface area (Å²) >= 11 is 1.63. The third-order valence-corrected chi connectivity index (χ3v) is 2.10. The van der Waals surface area contributed by atoms with Crippen LogP contribution in [-0.4, -0.2) is 49.9 Å². The number of hydrogen-bond donors (Lipinski definition) is 1. The van der Waals surface area contributed by atoms with E-state index in [1.54, 1.807) is 11.9 Å². The van der Waals surface area contributed by atoms with Crippen molar-refractivity contribution in [3.05, 3.63) is 0 Å². The predicted octanol–water partition coefficient (Wildman–Crippen LogP) is 0.652.